The Morgan fingerprint density at radius 2 is 2.00 bits per heavy atom. The van der Waals surface area contributed by atoms with Gasteiger partial charge in [0.1, 0.15) is 5.00 Å². The van der Waals surface area contributed by atoms with Gasteiger partial charge in [-0.25, -0.2) is 0 Å². The molecule has 0 saturated carbocycles. The van der Waals surface area contributed by atoms with E-state index in [0.717, 1.165) is 30.9 Å². The van der Waals surface area contributed by atoms with Gasteiger partial charge in [-0.1, -0.05) is 6.92 Å². The minimum Gasteiger partial charge on any atom is -0.397 e. The average molecular weight is 295 g/mol. The van der Waals surface area contributed by atoms with E-state index in [1.165, 1.54) is 24.7 Å². The number of hydrogen-bond donors (Lipinski definition) is 2. The molecule has 0 radical (unpaired) electrons. The third kappa shape index (κ3) is 2.80. The first-order valence-electron chi connectivity index (χ1n) is 6.89. The van der Waals surface area contributed by atoms with Gasteiger partial charge in [-0.3, -0.25) is 9.59 Å². The molecule has 110 valence electrons. The minimum atomic E-state index is -0.557. The number of hydrogen-bond acceptors (Lipinski definition) is 5. The van der Waals surface area contributed by atoms with E-state index in [9.17, 15) is 9.59 Å². The molecule has 6 heteroatoms. The minimum absolute atomic E-state index is 0.121. The number of primary amides is 1. The molecule has 0 aliphatic carbocycles. The van der Waals surface area contributed by atoms with Crippen molar-refractivity contribution < 1.29 is 9.59 Å². The Hall–Kier alpha value is -1.56. The number of ketones is 1. The van der Waals surface area contributed by atoms with Crippen molar-refractivity contribution in [2.75, 3.05) is 23.7 Å². The largest absolute Gasteiger partial charge is 0.397 e. The molecule has 1 amide bonds. The van der Waals surface area contributed by atoms with Crippen molar-refractivity contribution in [3.05, 3.63) is 10.4 Å². The van der Waals surface area contributed by atoms with E-state index < -0.39 is 5.91 Å². The van der Waals surface area contributed by atoms with Crippen molar-refractivity contribution in [2.24, 2.45) is 11.7 Å². The number of amides is 1. The summed E-state index contributed by atoms with van der Waals surface area (Å²) < 4.78 is 0. The quantitative estimate of drug-likeness (QED) is 0.837. The maximum atomic E-state index is 11.7. The summed E-state index contributed by atoms with van der Waals surface area (Å²) in [4.78, 5) is 25.9. The Balaban J connectivity index is 2.42. The van der Waals surface area contributed by atoms with Gasteiger partial charge >= 0.3 is 0 Å². The highest BCUT2D eigenvalue weighted by Gasteiger charge is 2.26. The smallest absolute Gasteiger partial charge is 0.253 e. The van der Waals surface area contributed by atoms with Gasteiger partial charge in [-0.15, -0.1) is 11.3 Å². The Kier molecular flexibility index (Phi) is 4.32. The molecule has 2 rings (SSSR count). The molecule has 0 bridgehead atoms. The molecule has 1 aliphatic rings. The lowest BCUT2D eigenvalue weighted by Gasteiger charge is -2.21. The summed E-state index contributed by atoms with van der Waals surface area (Å²) in [6.45, 7) is 5.45. The fourth-order valence-electron chi connectivity index (χ4n) is 2.62. The van der Waals surface area contributed by atoms with E-state index in [-0.39, 0.29) is 11.5 Å². The van der Waals surface area contributed by atoms with Gasteiger partial charge in [0.05, 0.1) is 16.1 Å². The molecule has 5 nitrogen and oxygen atoms in total. The fourth-order valence-corrected chi connectivity index (χ4v) is 3.79. The van der Waals surface area contributed by atoms with Crippen molar-refractivity contribution in [1.29, 1.82) is 0 Å². The van der Waals surface area contributed by atoms with E-state index in [2.05, 4.69) is 11.8 Å². The third-order valence-electron chi connectivity index (χ3n) is 3.80. The molecule has 1 saturated heterocycles. The van der Waals surface area contributed by atoms with E-state index in [1.54, 1.807) is 0 Å². The first-order valence-corrected chi connectivity index (χ1v) is 7.71. The summed E-state index contributed by atoms with van der Waals surface area (Å²) in [6.07, 6.45) is 3.33. The Labute approximate surface area is 122 Å². The molecule has 4 N–H and O–H groups in total. The van der Waals surface area contributed by atoms with Crippen LogP contribution in [0.15, 0.2) is 0 Å². The van der Waals surface area contributed by atoms with Crippen molar-refractivity contribution in [1.82, 2.24) is 0 Å². The summed E-state index contributed by atoms with van der Waals surface area (Å²) in [5.74, 6) is 0.00426. The van der Waals surface area contributed by atoms with Crippen molar-refractivity contribution in [2.45, 2.75) is 33.1 Å². The van der Waals surface area contributed by atoms with Gasteiger partial charge < -0.3 is 16.4 Å². The predicted molar refractivity (Wildman–Crippen MR) is 82.5 cm³/mol. The molecule has 20 heavy (non-hydrogen) atoms. The molecule has 1 aromatic heterocycles. The molecule has 0 spiro atoms. The Bertz CT molecular complexity index is 539. The number of thiophene rings is 1. The standard InChI is InChI=1S/C14H21N3O2S/c1-8-4-3-6-17(7-5-8)14-10(13(16)19)11(15)12(20-14)9(2)18/h8H,3-7,15H2,1-2H3,(H2,16,19). The number of nitrogen functional groups attached to an aromatic ring is 1. The second-order valence-corrected chi connectivity index (χ2v) is 6.47. The average Bonchev–Trinajstić information content (AvgIpc) is 2.56. The number of carbonyl (C=O) groups excluding carboxylic acids is 2. The highest BCUT2D eigenvalue weighted by molar-refractivity contribution is 7.19. The van der Waals surface area contributed by atoms with E-state index in [0.29, 0.717) is 16.4 Å². The van der Waals surface area contributed by atoms with Crippen LogP contribution in [-0.4, -0.2) is 24.8 Å². The zero-order valence-electron chi connectivity index (χ0n) is 11.9. The van der Waals surface area contributed by atoms with Crippen molar-refractivity contribution >= 4 is 33.7 Å². The van der Waals surface area contributed by atoms with Crippen LogP contribution in [-0.2, 0) is 0 Å². The first kappa shape index (κ1) is 14.8. The van der Waals surface area contributed by atoms with Crippen LogP contribution in [0.5, 0.6) is 0 Å². The number of Topliss-reactive ketones (excluding diaryl/α,β-unsaturated/α-hetero) is 1. The lowest BCUT2D eigenvalue weighted by molar-refractivity contribution is 0.100. The third-order valence-corrected chi connectivity index (χ3v) is 5.16. The molecule has 1 aliphatic heterocycles. The normalized spacial score (nSPS) is 19.7. The Morgan fingerprint density at radius 1 is 1.30 bits per heavy atom. The monoisotopic (exact) mass is 295 g/mol. The summed E-state index contributed by atoms with van der Waals surface area (Å²) in [6, 6.07) is 0. The molecule has 0 aromatic carbocycles. The molecular formula is C14H21N3O2S. The van der Waals surface area contributed by atoms with Gasteiger partial charge in [0.2, 0.25) is 0 Å². The van der Waals surface area contributed by atoms with Crippen LogP contribution in [0.2, 0.25) is 0 Å². The number of carbonyl (C=O) groups is 2. The number of nitrogens with two attached hydrogens (primary N) is 2. The van der Waals surface area contributed by atoms with E-state index in [4.69, 9.17) is 11.5 Å². The van der Waals surface area contributed by atoms with Crippen molar-refractivity contribution in [3.8, 4) is 0 Å². The zero-order chi connectivity index (χ0) is 14.9. The van der Waals surface area contributed by atoms with Gasteiger partial charge in [-0.2, -0.15) is 0 Å². The molecule has 1 fully saturated rings. The summed E-state index contributed by atoms with van der Waals surface area (Å²) in [5.41, 5.74) is 11.9. The van der Waals surface area contributed by atoms with Crippen molar-refractivity contribution in [3.63, 3.8) is 0 Å². The molecule has 1 aromatic rings. The van der Waals surface area contributed by atoms with Crippen LogP contribution in [0.1, 0.15) is 53.1 Å². The highest BCUT2D eigenvalue weighted by atomic mass is 32.1. The summed E-state index contributed by atoms with van der Waals surface area (Å²) in [5, 5.41) is 0.759. The van der Waals surface area contributed by atoms with Crippen LogP contribution in [0.3, 0.4) is 0 Å². The van der Waals surface area contributed by atoms with Gasteiger partial charge in [0, 0.05) is 20.0 Å². The summed E-state index contributed by atoms with van der Waals surface area (Å²) >= 11 is 1.29. The Morgan fingerprint density at radius 3 is 2.60 bits per heavy atom. The lowest BCUT2D eigenvalue weighted by Crippen LogP contribution is -2.26. The molecule has 1 unspecified atom stereocenters. The van der Waals surface area contributed by atoms with Crippen LogP contribution in [0.25, 0.3) is 0 Å². The van der Waals surface area contributed by atoms with Crippen LogP contribution >= 0.6 is 11.3 Å². The number of nitrogens with zero attached hydrogens (tertiary/aromatic N) is 1. The number of anilines is 2. The number of rotatable bonds is 3. The molecule has 2 heterocycles. The predicted octanol–water partition coefficient (Wildman–Crippen LogP) is 2.26. The van der Waals surface area contributed by atoms with E-state index >= 15 is 0 Å². The van der Waals surface area contributed by atoms with Gasteiger partial charge in [0.25, 0.3) is 5.91 Å². The maximum Gasteiger partial charge on any atom is 0.253 e. The van der Waals surface area contributed by atoms with Gasteiger partial charge in [-0.05, 0) is 25.2 Å². The van der Waals surface area contributed by atoms with Crippen LogP contribution < -0.4 is 16.4 Å². The SMILES string of the molecule is CC(=O)c1sc(N2CCCC(C)CC2)c(C(N)=O)c1N. The molecular weight excluding hydrogens is 274 g/mol. The maximum absolute atomic E-state index is 11.7. The van der Waals surface area contributed by atoms with Gasteiger partial charge in [0.15, 0.2) is 5.78 Å². The second-order valence-electron chi connectivity index (χ2n) is 5.47. The van der Waals surface area contributed by atoms with Crippen LogP contribution in [0.4, 0.5) is 10.7 Å². The topological polar surface area (TPSA) is 89.4 Å². The highest BCUT2D eigenvalue weighted by Crippen LogP contribution is 2.39. The first-order chi connectivity index (χ1) is 9.41. The molecule has 1 atom stereocenters. The fraction of sp³-hybridized carbons (Fsp3) is 0.571. The zero-order valence-corrected chi connectivity index (χ0v) is 12.8. The van der Waals surface area contributed by atoms with Crippen LogP contribution in [0, 0.1) is 5.92 Å². The lowest BCUT2D eigenvalue weighted by atomic mass is 10.0. The van der Waals surface area contributed by atoms with E-state index in [1.807, 2.05) is 0 Å². The summed E-state index contributed by atoms with van der Waals surface area (Å²) in [7, 11) is 0. The second kappa shape index (κ2) is 5.83.